The predicted molar refractivity (Wildman–Crippen MR) is 68.2 cm³/mol. The zero-order valence-electron chi connectivity index (χ0n) is 10.6. The fourth-order valence-electron chi connectivity index (χ4n) is 5.59. The van der Waals surface area contributed by atoms with Crippen LogP contribution < -0.4 is 0 Å². The molecule has 0 aliphatic heterocycles. The van der Waals surface area contributed by atoms with Gasteiger partial charge in [-0.15, -0.1) is 0 Å². The van der Waals surface area contributed by atoms with Gasteiger partial charge in [0.15, 0.2) is 0 Å². The summed E-state index contributed by atoms with van der Waals surface area (Å²) in [5, 5.41) is 0. The van der Waals surface area contributed by atoms with Gasteiger partial charge >= 0.3 is 0 Å². The van der Waals surface area contributed by atoms with Crippen LogP contribution in [0.4, 0.5) is 0 Å². The molecule has 0 aromatic rings. The summed E-state index contributed by atoms with van der Waals surface area (Å²) < 4.78 is 5.69. The second kappa shape index (κ2) is 3.40. The van der Waals surface area contributed by atoms with E-state index < -0.39 is 0 Å². The first-order valence-electron chi connectivity index (χ1n) is 7.20. The lowest BCUT2D eigenvalue weighted by molar-refractivity contribution is 0.0806. The summed E-state index contributed by atoms with van der Waals surface area (Å²) >= 11 is 0. The van der Waals surface area contributed by atoms with Gasteiger partial charge in [0, 0.05) is 0 Å². The van der Waals surface area contributed by atoms with Crippen LogP contribution in [0.5, 0.6) is 0 Å². The van der Waals surface area contributed by atoms with Crippen LogP contribution in [0.2, 0.25) is 0 Å². The first-order chi connectivity index (χ1) is 8.24. The molecule has 7 atom stereocenters. The topological polar surface area (TPSA) is 9.23 Å². The zero-order chi connectivity index (χ0) is 11.6. The minimum Gasteiger partial charge on any atom is -0.499 e. The van der Waals surface area contributed by atoms with Gasteiger partial charge in [-0.3, -0.25) is 0 Å². The van der Waals surface area contributed by atoms with E-state index in [4.69, 9.17) is 4.74 Å². The van der Waals surface area contributed by atoms with Gasteiger partial charge in [-0.1, -0.05) is 18.7 Å². The third-order valence-corrected chi connectivity index (χ3v) is 5.95. The number of hydrogen-bond acceptors (Lipinski definition) is 1. The van der Waals surface area contributed by atoms with E-state index in [2.05, 4.69) is 18.7 Å². The Labute approximate surface area is 104 Å². The Morgan fingerprint density at radius 1 is 1.18 bits per heavy atom. The number of ether oxygens (including phenoxy) is 1. The zero-order valence-corrected chi connectivity index (χ0v) is 10.6. The largest absolute Gasteiger partial charge is 0.499 e. The molecule has 0 radical (unpaired) electrons. The highest BCUT2D eigenvalue weighted by atomic mass is 16.5. The van der Waals surface area contributed by atoms with Crippen molar-refractivity contribution in [3.05, 3.63) is 24.5 Å². The molecule has 4 aliphatic carbocycles. The smallest absolute Gasteiger partial charge is 0.0907 e. The maximum atomic E-state index is 5.69. The summed E-state index contributed by atoms with van der Waals surface area (Å²) in [5.41, 5.74) is 0. The quantitative estimate of drug-likeness (QED) is 0.409. The van der Waals surface area contributed by atoms with Gasteiger partial charge in [-0.2, -0.15) is 0 Å². The first kappa shape index (κ1) is 10.2. The first-order valence-corrected chi connectivity index (χ1v) is 7.20. The van der Waals surface area contributed by atoms with Crippen LogP contribution in [0.3, 0.4) is 0 Å². The summed E-state index contributed by atoms with van der Waals surface area (Å²) in [7, 11) is 0. The molecule has 92 valence electrons. The highest BCUT2D eigenvalue weighted by Gasteiger charge is 2.60. The van der Waals surface area contributed by atoms with Crippen LogP contribution in [0.15, 0.2) is 24.5 Å². The van der Waals surface area contributed by atoms with E-state index >= 15 is 0 Å². The molecule has 0 N–H and O–H groups in total. The fourth-order valence-corrected chi connectivity index (χ4v) is 5.59. The molecule has 3 fully saturated rings. The second-order valence-corrected chi connectivity index (χ2v) is 6.77. The van der Waals surface area contributed by atoms with Gasteiger partial charge in [0.25, 0.3) is 0 Å². The summed E-state index contributed by atoms with van der Waals surface area (Å²) in [6, 6.07) is 0. The lowest BCUT2D eigenvalue weighted by Crippen LogP contribution is -2.32. The number of hydrogen-bond donors (Lipinski definition) is 0. The van der Waals surface area contributed by atoms with E-state index in [1.807, 2.05) is 6.92 Å². The second-order valence-electron chi connectivity index (χ2n) is 6.77. The minimum atomic E-state index is 0.825. The van der Waals surface area contributed by atoms with Crippen LogP contribution in [0.1, 0.15) is 26.2 Å². The molecule has 4 bridgehead atoms. The SMILES string of the molecule is C=C(C)OCC1CC2CC1C1C3C=CC(C3)C21. The summed E-state index contributed by atoms with van der Waals surface area (Å²) in [5.74, 6) is 7.63. The Morgan fingerprint density at radius 2 is 1.94 bits per heavy atom. The Morgan fingerprint density at radius 3 is 2.71 bits per heavy atom. The monoisotopic (exact) mass is 230 g/mol. The van der Waals surface area contributed by atoms with Gasteiger partial charge in [0.2, 0.25) is 0 Å². The molecule has 0 amide bonds. The molecule has 4 aliphatic rings. The third-order valence-electron chi connectivity index (χ3n) is 5.95. The van der Waals surface area contributed by atoms with Crippen molar-refractivity contribution in [2.75, 3.05) is 6.61 Å². The van der Waals surface area contributed by atoms with Crippen molar-refractivity contribution in [2.45, 2.75) is 26.2 Å². The van der Waals surface area contributed by atoms with Crippen molar-refractivity contribution < 1.29 is 4.74 Å². The maximum absolute atomic E-state index is 5.69. The summed E-state index contributed by atoms with van der Waals surface area (Å²) in [4.78, 5) is 0. The van der Waals surface area contributed by atoms with Crippen LogP contribution in [-0.4, -0.2) is 6.61 Å². The van der Waals surface area contributed by atoms with Gasteiger partial charge < -0.3 is 4.74 Å². The molecular weight excluding hydrogens is 208 g/mol. The molecule has 7 unspecified atom stereocenters. The predicted octanol–water partition coefficient (Wildman–Crippen LogP) is 3.63. The molecule has 3 saturated carbocycles. The van der Waals surface area contributed by atoms with E-state index in [0.717, 1.165) is 53.8 Å². The van der Waals surface area contributed by atoms with Crippen LogP contribution in [0, 0.1) is 41.4 Å². The van der Waals surface area contributed by atoms with E-state index in [9.17, 15) is 0 Å². The molecule has 0 aromatic carbocycles. The average Bonchev–Trinajstić information content (AvgIpc) is 3.03. The molecule has 1 nitrogen and oxygen atoms in total. The van der Waals surface area contributed by atoms with Crippen molar-refractivity contribution >= 4 is 0 Å². The molecule has 0 saturated heterocycles. The minimum absolute atomic E-state index is 0.825. The van der Waals surface area contributed by atoms with Crippen LogP contribution in [-0.2, 0) is 4.74 Å². The van der Waals surface area contributed by atoms with Crippen molar-refractivity contribution in [3.63, 3.8) is 0 Å². The van der Waals surface area contributed by atoms with Gasteiger partial charge in [0.1, 0.15) is 0 Å². The Bertz CT molecular complexity index is 383. The highest BCUT2D eigenvalue weighted by molar-refractivity contribution is 5.20. The summed E-state index contributed by atoms with van der Waals surface area (Å²) in [6.07, 6.45) is 9.43. The molecular formula is C16H22O. The average molecular weight is 230 g/mol. The van der Waals surface area contributed by atoms with Crippen molar-refractivity contribution in [1.82, 2.24) is 0 Å². The Hall–Kier alpha value is -0.720. The Kier molecular flexibility index (Phi) is 2.04. The number of fused-ring (bicyclic) bond motifs is 9. The fraction of sp³-hybridized carbons (Fsp3) is 0.750. The van der Waals surface area contributed by atoms with Gasteiger partial charge in [0.05, 0.1) is 12.4 Å². The standard InChI is InChI=1S/C16H22O/c1-9(2)17-8-13-6-12-7-14(13)16-11-4-3-10(5-11)15(12)16/h3-4,10-16H,1,5-8H2,2H3. The van der Waals surface area contributed by atoms with Crippen LogP contribution in [0.25, 0.3) is 0 Å². The van der Waals surface area contributed by atoms with Gasteiger partial charge in [-0.25, -0.2) is 0 Å². The summed E-state index contributed by atoms with van der Waals surface area (Å²) in [6.45, 7) is 6.75. The maximum Gasteiger partial charge on any atom is 0.0907 e. The number of allylic oxidation sites excluding steroid dienone is 3. The molecule has 0 aromatic heterocycles. The molecule has 0 spiro atoms. The van der Waals surface area contributed by atoms with Gasteiger partial charge in [-0.05, 0) is 67.6 Å². The lowest BCUT2D eigenvalue weighted by Gasteiger charge is -2.36. The molecule has 4 rings (SSSR count). The van der Waals surface area contributed by atoms with Crippen molar-refractivity contribution in [3.8, 4) is 0 Å². The van der Waals surface area contributed by atoms with E-state index in [-0.39, 0.29) is 0 Å². The molecule has 1 heteroatoms. The Balaban J connectivity index is 1.51. The molecule has 0 heterocycles. The van der Waals surface area contributed by atoms with E-state index in [0.29, 0.717) is 0 Å². The van der Waals surface area contributed by atoms with Crippen LogP contribution >= 0.6 is 0 Å². The highest BCUT2D eigenvalue weighted by Crippen LogP contribution is 2.66. The van der Waals surface area contributed by atoms with Crippen molar-refractivity contribution in [2.24, 2.45) is 41.4 Å². The van der Waals surface area contributed by atoms with E-state index in [1.165, 1.54) is 19.3 Å². The van der Waals surface area contributed by atoms with E-state index in [1.54, 1.807) is 0 Å². The normalized spacial score (nSPS) is 53.1. The number of rotatable bonds is 3. The molecule has 17 heavy (non-hydrogen) atoms. The van der Waals surface area contributed by atoms with Crippen molar-refractivity contribution in [1.29, 1.82) is 0 Å². The third kappa shape index (κ3) is 1.31. The lowest BCUT2D eigenvalue weighted by atomic mass is 9.69.